The summed E-state index contributed by atoms with van der Waals surface area (Å²) in [7, 11) is 1.51. The molecule has 0 N–H and O–H groups in total. The van der Waals surface area contributed by atoms with Gasteiger partial charge in [0.1, 0.15) is 11.6 Å². The van der Waals surface area contributed by atoms with Crippen LogP contribution in [0.1, 0.15) is 12.5 Å². The number of methoxy groups -OCH3 is 1. The van der Waals surface area contributed by atoms with Crippen LogP contribution in [0, 0.1) is 5.82 Å². The van der Waals surface area contributed by atoms with Crippen molar-refractivity contribution in [1.82, 2.24) is 0 Å². The first kappa shape index (κ1) is 15.0. The highest BCUT2D eigenvalue weighted by molar-refractivity contribution is 5.95. The molecule has 0 aromatic heterocycles. The van der Waals surface area contributed by atoms with Gasteiger partial charge in [0.25, 0.3) is 0 Å². The molecule has 0 saturated heterocycles. The Kier molecular flexibility index (Phi) is 4.93. The third-order valence-corrected chi connectivity index (χ3v) is 3.27. The second-order valence-electron chi connectivity index (χ2n) is 4.61. The van der Waals surface area contributed by atoms with Gasteiger partial charge in [0, 0.05) is 17.8 Å². The molecule has 2 rings (SSSR count). The van der Waals surface area contributed by atoms with Crippen molar-refractivity contribution < 1.29 is 13.9 Å². The molecule has 0 spiro atoms. The number of para-hydroxylation sites is 1. The maximum atomic E-state index is 13.4. The number of carbonyl (C=O) groups excluding carboxylic acids is 1. The zero-order valence-electron chi connectivity index (χ0n) is 12.2. The molecule has 0 heterocycles. The smallest absolute Gasteiger partial charge is 0.231 e. The van der Waals surface area contributed by atoms with Crippen LogP contribution >= 0.6 is 0 Å². The molecule has 3 nitrogen and oxygen atoms in total. The van der Waals surface area contributed by atoms with E-state index in [-0.39, 0.29) is 18.1 Å². The van der Waals surface area contributed by atoms with E-state index in [0.717, 1.165) is 5.69 Å². The van der Waals surface area contributed by atoms with Gasteiger partial charge in [-0.25, -0.2) is 4.39 Å². The maximum Gasteiger partial charge on any atom is 0.231 e. The Morgan fingerprint density at radius 2 is 1.90 bits per heavy atom. The van der Waals surface area contributed by atoms with Crippen LogP contribution in [-0.2, 0) is 11.2 Å². The summed E-state index contributed by atoms with van der Waals surface area (Å²) >= 11 is 0. The minimum atomic E-state index is -0.374. The van der Waals surface area contributed by atoms with Crippen molar-refractivity contribution in [2.45, 2.75) is 13.3 Å². The monoisotopic (exact) mass is 287 g/mol. The summed E-state index contributed by atoms with van der Waals surface area (Å²) in [4.78, 5) is 14.1. The lowest BCUT2D eigenvalue weighted by atomic mass is 10.1. The van der Waals surface area contributed by atoms with E-state index < -0.39 is 0 Å². The van der Waals surface area contributed by atoms with Crippen LogP contribution < -0.4 is 9.64 Å². The third kappa shape index (κ3) is 3.60. The standard InChI is InChI=1S/C17H18FNO2/c1-3-19(15-7-5-4-6-8-15)17(20)12-13-11-14(18)9-10-16(13)21-2/h4-11H,3,12H2,1-2H3. The quantitative estimate of drug-likeness (QED) is 0.843. The molecule has 0 fully saturated rings. The van der Waals surface area contributed by atoms with Crippen molar-refractivity contribution in [1.29, 1.82) is 0 Å². The average molecular weight is 287 g/mol. The van der Waals surface area contributed by atoms with Gasteiger partial charge in [-0.3, -0.25) is 4.79 Å². The summed E-state index contributed by atoms with van der Waals surface area (Å²) in [6.07, 6.45) is 0.101. The van der Waals surface area contributed by atoms with E-state index in [1.165, 1.54) is 25.3 Å². The van der Waals surface area contributed by atoms with Crippen molar-refractivity contribution in [3.63, 3.8) is 0 Å². The lowest BCUT2D eigenvalue weighted by molar-refractivity contribution is -0.118. The summed E-state index contributed by atoms with van der Waals surface area (Å²) in [5, 5.41) is 0. The Morgan fingerprint density at radius 1 is 1.19 bits per heavy atom. The Morgan fingerprint density at radius 3 is 2.52 bits per heavy atom. The third-order valence-electron chi connectivity index (χ3n) is 3.27. The van der Waals surface area contributed by atoms with Crippen LogP contribution in [-0.4, -0.2) is 19.6 Å². The van der Waals surface area contributed by atoms with Crippen LogP contribution in [0.3, 0.4) is 0 Å². The Labute approximate surface area is 124 Å². The number of amides is 1. The van der Waals surface area contributed by atoms with Crippen molar-refractivity contribution in [3.05, 3.63) is 59.9 Å². The molecule has 21 heavy (non-hydrogen) atoms. The number of halogens is 1. The molecule has 0 atom stereocenters. The SMILES string of the molecule is CCN(C(=O)Cc1cc(F)ccc1OC)c1ccccc1. The van der Waals surface area contributed by atoms with Gasteiger partial charge < -0.3 is 9.64 Å². The number of nitrogens with zero attached hydrogens (tertiary/aromatic N) is 1. The second kappa shape index (κ2) is 6.88. The van der Waals surface area contributed by atoms with Crippen LogP contribution in [0.5, 0.6) is 5.75 Å². The fourth-order valence-corrected chi connectivity index (χ4v) is 2.25. The van der Waals surface area contributed by atoms with Crippen molar-refractivity contribution in [2.75, 3.05) is 18.6 Å². The van der Waals surface area contributed by atoms with Crippen molar-refractivity contribution in [2.24, 2.45) is 0 Å². The average Bonchev–Trinajstić information content (AvgIpc) is 2.49. The lowest BCUT2D eigenvalue weighted by Gasteiger charge is -2.21. The fourth-order valence-electron chi connectivity index (χ4n) is 2.25. The van der Waals surface area contributed by atoms with E-state index in [9.17, 15) is 9.18 Å². The molecular formula is C17H18FNO2. The largest absolute Gasteiger partial charge is 0.496 e. The molecule has 2 aromatic carbocycles. The molecule has 0 aliphatic rings. The summed E-state index contributed by atoms with van der Waals surface area (Å²) < 4.78 is 18.5. The number of ether oxygens (including phenoxy) is 1. The van der Waals surface area contributed by atoms with Gasteiger partial charge in [-0.2, -0.15) is 0 Å². The molecule has 0 saturated carbocycles. The van der Waals surface area contributed by atoms with Gasteiger partial charge in [-0.15, -0.1) is 0 Å². The molecule has 0 unspecified atom stereocenters. The lowest BCUT2D eigenvalue weighted by Crippen LogP contribution is -2.32. The van der Waals surface area contributed by atoms with Crippen molar-refractivity contribution >= 4 is 11.6 Å². The van der Waals surface area contributed by atoms with E-state index in [1.807, 2.05) is 37.3 Å². The van der Waals surface area contributed by atoms with Crippen LogP contribution in [0.4, 0.5) is 10.1 Å². The molecule has 0 radical (unpaired) electrons. The van der Waals surface area contributed by atoms with Crippen LogP contribution in [0.25, 0.3) is 0 Å². The first-order valence-electron chi connectivity index (χ1n) is 6.83. The molecule has 2 aromatic rings. The Hall–Kier alpha value is -2.36. The van der Waals surface area contributed by atoms with E-state index in [4.69, 9.17) is 4.74 Å². The Bertz CT molecular complexity index is 613. The molecule has 0 bridgehead atoms. The molecule has 0 aliphatic carbocycles. The summed E-state index contributed by atoms with van der Waals surface area (Å²) in [6, 6.07) is 13.6. The van der Waals surface area contributed by atoms with E-state index in [0.29, 0.717) is 17.9 Å². The molecular weight excluding hydrogens is 269 g/mol. The number of carbonyl (C=O) groups is 1. The number of hydrogen-bond acceptors (Lipinski definition) is 2. The number of benzene rings is 2. The second-order valence-corrected chi connectivity index (χ2v) is 4.61. The van der Waals surface area contributed by atoms with Crippen molar-refractivity contribution in [3.8, 4) is 5.75 Å². The minimum Gasteiger partial charge on any atom is -0.496 e. The summed E-state index contributed by atoms with van der Waals surface area (Å²) in [5.74, 6) is 0.0582. The topological polar surface area (TPSA) is 29.5 Å². The van der Waals surface area contributed by atoms with E-state index >= 15 is 0 Å². The molecule has 110 valence electrons. The van der Waals surface area contributed by atoms with Gasteiger partial charge in [-0.1, -0.05) is 18.2 Å². The van der Waals surface area contributed by atoms with E-state index in [1.54, 1.807) is 4.90 Å². The minimum absolute atomic E-state index is 0.0902. The Balaban J connectivity index is 2.22. The highest BCUT2D eigenvalue weighted by Gasteiger charge is 2.16. The fraction of sp³-hybridized carbons (Fsp3) is 0.235. The molecule has 1 amide bonds. The van der Waals surface area contributed by atoms with Crippen LogP contribution in [0.2, 0.25) is 0 Å². The first-order valence-corrected chi connectivity index (χ1v) is 6.83. The zero-order valence-corrected chi connectivity index (χ0v) is 12.2. The highest BCUT2D eigenvalue weighted by Crippen LogP contribution is 2.22. The van der Waals surface area contributed by atoms with E-state index in [2.05, 4.69) is 0 Å². The van der Waals surface area contributed by atoms with Gasteiger partial charge in [0.05, 0.1) is 13.5 Å². The van der Waals surface area contributed by atoms with Gasteiger partial charge in [0.15, 0.2) is 0 Å². The van der Waals surface area contributed by atoms with Gasteiger partial charge in [-0.05, 0) is 37.3 Å². The predicted molar refractivity (Wildman–Crippen MR) is 81.1 cm³/mol. The number of anilines is 1. The van der Waals surface area contributed by atoms with Crippen LogP contribution in [0.15, 0.2) is 48.5 Å². The normalized spacial score (nSPS) is 10.2. The van der Waals surface area contributed by atoms with Gasteiger partial charge in [0.2, 0.25) is 5.91 Å². The first-order chi connectivity index (χ1) is 10.2. The maximum absolute atomic E-state index is 13.4. The highest BCUT2D eigenvalue weighted by atomic mass is 19.1. The molecule has 4 heteroatoms. The predicted octanol–water partition coefficient (Wildman–Crippen LogP) is 3.43. The van der Waals surface area contributed by atoms with Gasteiger partial charge >= 0.3 is 0 Å². The zero-order chi connectivity index (χ0) is 15.2. The number of hydrogen-bond donors (Lipinski definition) is 0. The molecule has 0 aliphatic heterocycles. The number of rotatable bonds is 5. The number of likely N-dealkylation sites (N-methyl/N-ethyl adjacent to an activating group) is 1. The summed E-state index contributed by atoms with van der Waals surface area (Å²) in [6.45, 7) is 2.47. The summed E-state index contributed by atoms with van der Waals surface area (Å²) in [5.41, 5.74) is 1.39.